The summed E-state index contributed by atoms with van der Waals surface area (Å²) >= 11 is 1.49. The first-order chi connectivity index (χ1) is 13.2. The highest BCUT2D eigenvalue weighted by atomic mass is 32.1. The Kier molecular flexibility index (Phi) is 5.21. The van der Waals surface area contributed by atoms with Gasteiger partial charge in [-0.3, -0.25) is 9.88 Å². The van der Waals surface area contributed by atoms with E-state index in [0.29, 0.717) is 18.0 Å². The van der Waals surface area contributed by atoms with Crippen molar-refractivity contribution in [2.24, 2.45) is 0 Å². The summed E-state index contributed by atoms with van der Waals surface area (Å²) in [6.07, 6.45) is 1.64. The van der Waals surface area contributed by atoms with E-state index in [1.807, 2.05) is 6.07 Å². The Morgan fingerprint density at radius 3 is 2.89 bits per heavy atom. The molecule has 0 aliphatic carbocycles. The average Bonchev–Trinajstić information content (AvgIpc) is 3.09. The summed E-state index contributed by atoms with van der Waals surface area (Å²) in [6, 6.07) is 8.02. The summed E-state index contributed by atoms with van der Waals surface area (Å²) in [6.45, 7) is 4.06. The second kappa shape index (κ2) is 7.92. The number of nitrogens with two attached hydrogens (primary N) is 1. The quantitative estimate of drug-likeness (QED) is 0.554. The molecule has 2 aromatic heterocycles. The predicted molar refractivity (Wildman–Crippen MR) is 105 cm³/mol. The highest BCUT2D eigenvalue weighted by Crippen LogP contribution is 2.35. The Balaban J connectivity index is 1.55. The van der Waals surface area contributed by atoms with Gasteiger partial charge < -0.3 is 15.2 Å². The number of halogens is 1. The Labute approximate surface area is 160 Å². The lowest BCUT2D eigenvalue weighted by atomic mass is 10.3. The topological polar surface area (TPSA) is 60.6 Å². The number of ether oxygens (including phenoxy) is 2. The molecule has 0 bridgehead atoms. The highest BCUT2D eigenvalue weighted by Gasteiger charge is 2.12. The lowest BCUT2D eigenvalue weighted by molar-refractivity contribution is 0.0443. The molecule has 1 aromatic carbocycles. The molecule has 1 aliphatic heterocycles. The van der Waals surface area contributed by atoms with Gasteiger partial charge in [0.15, 0.2) is 11.6 Å². The number of hydrogen-bond donors (Lipinski definition) is 1. The fraction of sp³-hybridized carbons (Fsp3) is 0.250. The third-order valence-corrected chi connectivity index (χ3v) is 5.22. The number of benzene rings is 1. The maximum atomic E-state index is 14.0. The maximum absolute atomic E-state index is 14.0. The molecule has 0 unspecified atom stereocenters. The van der Waals surface area contributed by atoms with Crippen LogP contribution < -0.4 is 10.5 Å². The standard InChI is InChI=1S/C20H18FN3O2S/c21-16-12-14(22)3-4-18(16)26-19-5-6-23-17-13-15(27-20(17)19)2-1-7-24-8-10-25-11-9-24/h3-6,12-13H,7-11,22H2. The van der Waals surface area contributed by atoms with Crippen molar-refractivity contribution >= 4 is 27.2 Å². The molecule has 1 saturated heterocycles. The van der Waals surface area contributed by atoms with E-state index in [2.05, 4.69) is 21.7 Å². The van der Waals surface area contributed by atoms with Crippen LogP contribution in [-0.4, -0.2) is 42.7 Å². The fourth-order valence-corrected chi connectivity index (χ4v) is 3.71. The number of anilines is 1. The van der Waals surface area contributed by atoms with E-state index in [-0.39, 0.29) is 5.75 Å². The van der Waals surface area contributed by atoms with Crippen molar-refractivity contribution in [3.05, 3.63) is 47.2 Å². The zero-order chi connectivity index (χ0) is 18.6. The van der Waals surface area contributed by atoms with Gasteiger partial charge in [0.05, 0.1) is 34.9 Å². The number of fused-ring (bicyclic) bond motifs is 1. The molecule has 27 heavy (non-hydrogen) atoms. The maximum Gasteiger partial charge on any atom is 0.167 e. The molecule has 0 atom stereocenters. The van der Waals surface area contributed by atoms with Gasteiger partial charge >= 0.3 is 0 Å². The third-order valence-electron chi connectivity index (χ3n) is 4.17. The molecule has 0 amide bonds. The minimum Gasteiger partial charge on any atom is -0.453 e. The third kappa shape index (κ3) is 4.19. The van der Waals surface area contributed by atoms with E-state index < -0.39 is 5.82 Å². The van der Waals surface area contributed by atoms with Crippen LogP contribution >= 0.6 is 11.3 Å². The van der Waals surface area contributed by atoms with Gasteiger partial charge in [0.2, 0.25) is 0 Å². The summed E-state index contributed by atoms with van der Waals surface area (Å²) in [4.78, 5) is 7.53. The van der Waals surface area contributed by atoms with E-state index in [0.717, 1.165) is 41.4 Å². The number of aromatic nitrogens is 1. The number of rotatable bonds is 3. The number of pyridine rings is 1. The van der Waals surface area contributed by atoms with Crippen LogP contribution in [0.3, 0.4) is 0 Å². The molecular formula is C20H18FN3O2S. The van der Waals surface area contributed by atoms with Crippen LogP contribution in [0, 0.1) is 17.7 Å². The first-order valence-electron chi connectivity index (χ1n) is 8.59. The SMILES string of the molecule is Nc1ccc(Oc2ccnc3cc(C#CCN4CCOCC4)sc23)c(F)c1. The zero-order valence-corrected chi connectivity index (χ0v) is 15.4. The predicted octanol–water partition coefficient (Wildman–Crippen LogP) is 3.49. The summed E-state index contributed by atoms with van der Waals surface area (Å²) in [5.41, 5.74) is 6.72. The second-order valence-corrected chi connectivity index (χ2v) is 7.17. The molecule has 138 valence electrons. The van der Waals surface area contributed by atoms with Gasteiger partial charge in [-0.2, -0.15) is 0 Å². The van der Waals surface area contributed by atoms with Gasteiger partial charge in [0, 0.05) is 37.1 Å². The normalized spacial score (nSPS) is 14.7. The molecule has 1 fully saturated rings. The van der Waals surface area contributed by atoms with E-state index in [1.165, 1.54) is 23.5 Å². The van der Waals surface area contributed by atoms with Crippen molar-refractivity contribution in [3.8, 4) is 23.3 Å². The molecule has 0 spiro atoms. The molecule has 3 heterocycles. The van der Waals surface area contributed by atoms with Gasteiger partial charge in [-0.1, -0.05) is 11.8 Å². The Morgan fingerprint density at radius 2 is 2.07 bits per heavy atom. The van der Waals surface area contributed by atoms with Crippen LogP contribution in [0.1, 0.15) is 4.88 Å². The minimum atomic E-state index is -0.498. The molecule has 0 saturated carbocycles. The monoisotopic (exact) mass is 383 g/mol. The van der Waals surface area contributed by atoms with Crippen molar-refractivity contribution in [1.29, 1.82) is 0 Å². The van der Waals surface area contributed by atoms with Gasteiger partial charge in [-0.05, 0) is 18.2 Å². The van der Waals surface area contributed by atoms with E-state index in [9.17, 15) is 4.39 Å². The van der Waals surface area contributed by atoms with Crippen molar-refractivity contribution in [1.82, 2.24) is 9.88 Å². The molecule has 2 N–H and O–H groups in total. The number of thiophene rings is 1. The summed E-state index contributed by atoms with van der Waals surface area (Å²) in [7, 11) is 0. The number of hydrogen-bond acceptors (Lipinski definition) is 6. The second-order valence-electron chi connectivity index (χ2n) is 6.12. The Hall–Kier alpha value is -2.66. The highest BCUT2D eigenvalue weighted by molar-refractivity contribution is 7.19. The van der Waals surface area contributed by atoms with Crippen LogP contribution in [0.2, 0.25) is 0 Å². The molecular weight excluding hydrogens is 365 g/mol. The van der Waals surface area contributed by atoms with Crippen LogP contribution in [0.5, 0.6) is 11.5 Å². The zero-order valence-electron chi connectivity index (χ0n) is 14.6. The van der Waals surface area contributed by atoms with Gasteiger partial charge in [-0.15, -0.1) is 11.3 Å². The first-order valence-corrected chi connectivity index (χ1v) is 9.41. The van der Waals surface area contributed by atoms with E-state index in [4.69, 9.17) is 15.2 Å². The number of nitrogen functional groups attached to an aromatic ring is 1. The largest absolute Gasteiger partial charge is 0.453 e. The van der Waals surface area contributed by atoms with E-state index in [1.54, 1.807) is 18.3 Å². The minimum absolute atomic E-state index is 0.130. The molecule has 0 radical (unpaired) electrons. The van der Waals surface area contributed by atoms with Crippen molar-refractivity contribution in [2.75, 3.05) is 38.6 Å². The van der Waals surface area contributed by atoms with Crippen LogP contribution in [0.4, 0.5) is 10.1 Å². The molecule has 3 aromatic rings. The fourth-order valence-electron chi connectivity index (χ4n) is 2.77. The van der Waals surface area contributed by atoms with Crippen molar-refractivity contribution in [3.63, 3.8) is 0 Å². The molecule has 1 aliphatic rings. The van der Waals surface area contributed by atoms with Gasteiger partial charge in [0.25, 0.3) is 0 Å². The Bertz CT molecular complexity index is 1020. The molecule has 4 rings (SSSR count). The molecule has 5 nitrogen and oxygen atoms in total. The first kappa shape index (κ1) is 17.7. The summed E-state index contributed by atoms with van der Waals surface area (Å²) in [5, 5.41) is 0. The number of morpholine rings is 1. The summed E-state index contributed by atoms with van der Waals surface area (Å²) in [5.74, 6) is 6.58. The van der Waals surface area contributed by atoms with Crippen molar-refractivity contribution < 1.29 is 13.9 Å². The lowest BCUT2D eigenvalue weighted by Gasteiger charge is -2.24. The molecule has 7 heteroatoms. The van der Waals surface area contributed by atoms with Gasteiger partial charge in [0.1, 0.15) is 5.75 Å². The Morgan fingerprint density at radius 1 is 1.22 bits per heavy atom. The summed E-state index contributed by atoms with van der Waals surface area (Å²) < 4.78 is 26.0. The van der Waals surface area contributed by atoms with Crippen molar-refractivity contribution in [2.45, 2.75) is 0 Å². The average molecular weight is 383 g/mol. The van der Waals surface area contributed by atoms with Crippen LogP contribution in [0.15, 0.2) is 36.5 Å². The van der Waals surface area contributed by atoms with E-state index >= 15 is 0 Å². The van der Waals surface area contributed by atoms with Crippen LogP contribution in [-0.2, 0) is 4.74 Å². The number of nitrogens with zero attached hydrogens (tertiary/aromatic N) is 2. The van der Waals surface area contributed by atoms with Gasteiger partial charge in [-0.25, -0.2) is 4.39 Å². The lowest BCUT2D eigenvalue weighted by Crippen LogP contribution is -2.36. The van der Waals surface area contributed by atoms with Crippen LogP contribution in [0.25, 0.3) is 10.2 Å². The smallest absolute Gasteiger partial charge is 0.167 e.